The molecule has 0 atom stereocenters. The molecule has 2 nitrogen and oxygen atoms in total. The first-order chi connectivity index (χ1) is 6.76. The topological polar surface area (TPSA) is 26.3 Å². The van der Waals surface area contributed by atoms with Crippen molar-refractivity contribution >= 4 is 39.3 Å². The maximum Gasteiger partial charge on any atom is 0.161 e. The zero-order chi connectivity index (χ0) is 10.1. The van der Waals surface area contributed by atoms with E-state index in [-0.39, 0.29) is 0 Å². The standard InChI is InChI=1S/C10H7ClO2S/c1-13-6-2-3-7-8(4-6)14-9(5-12)10(7)11/h2-5H,1H3. The molecule has 0 amide bonds. The van der Waals surface area contributed by atoms with Crippen molar-refractivity contribution in [2.75, 3.05) is 7.11 Å². The molecule has 0 aliphatic carbocycles. The van der Waals surface area contributed by atoms with Gasteiger partial charge in [0.25, 0.3) is 0 Å². The quantitative estimate of drug-likeness (QED) is 0.734. The highest BCUT2D eigenvalue weighted by Crippen LogP contribution is 2.36. The molecule has 0 bridgehead atoms. The number of methoxy groups -OCH3 is 1. The summed E-state index contributed by atoms with van der Waals surface area (Å²) in [6.07, 6.45) is 0.777. The van der Waals surface area contributed by atoms with Crippen molar-refractivity contribution in [3.63, 3.8) is 0 Å². The molecule has 0 unspecified atom stereocenters. The molecule has 0 saturated heterocycles. The van der Waals surface area contributed by atoms with Crippen LogP contribution in [-0.2, 0) is 0 Å². The lowest BCUT2D eigenvalue weighted by Gasteiger charge is -1.97. The Morgan fingerprint density at radius 2 is 2.29 bits per heavy atom. The van der Waals surface area contributed by atoms with Crippen molar-refractivity contribution in [1.29, 1.82) is 0 Å². The van der Waals surface area contributed by atoms with Gasteiger partial charge in [-0.3, -0.25) is 4.79 Å². The van der Waals surface area contributed by atoms with Gasteiger partial charge in [0.1, 0.15) is 5.75 Å². The molecule has 2 aromatic rings. The highest BCUT2D eigenvalue weighted by molar-refractivity contribution is 7.21. The zero-order valence-electron chi connectivity index (χ0n) is 7.41. The fourth-order valence-corrected chi connectivity index (χ4v) is 2.59. The molecule has 0 fully saturated rings. The minimum atomic E-state index is 0.530. The molecule has 0 N–H and O–H groups in total. The average Bonchev–Trinajstić information content (AvgIpc) is 2.55. The number of benzene rings is 1. The van der Waals surface area contributed by atoms with Crippen LogP contribution in [0.15, 0.2) is 18.2 Å². The summed E-state index contributed by atoms with van der Waals surface area (Å²) in [6, 6.07) is 5.56. The first-order valence-corrected chi connectivity index (χ1v) is 5.17. The maximum absolute atomic E-state index is 10.6. The van der Waals surface area contributed by atoms with Crippen LogP contribution in [0.4, 0.5) is 0 Å². The molecule has 0 saturated carbocycles. The van der Waals surface area contributed by atoms with E-state index in [1.807, 2.05) is 18.2 Å². The lowest BCUT2D eigenvalue weighted by Crippen LogP contribution is -1.79. The highest BCUT2D eigenvalue weighted by atomic mass is 35.5. The van der Waals surface area contributed by atoms with Crippen molar-refractivity contribution in [2.45, 2.75) is 0 Å². The number of carbonyl (C=O) groups excluding carboxylic acids is 1. The molecule has 1 aromatic heterocycles. The van der Waals surface area contributed by atoms with E-state index in [2.05, 4.69) is 0 Å². The van der Waals surface area contributed by atoms with E-state index in [4.69, 9.17) is 16.3 Å². The van der Waals surface area contributed by atoms with E-state index in [9.17, 15) is 4.79 Å². The molecular formula is C10H7ClO2S. The maximum atomic E-state index is 10.6. The van der Waals surface area contributed by atoms with Crippen LogP contribution in [0.5, 0.6) is 5.75 Å². The first kappa shape index (κ1) is 9.49. The van der Waals surface area contributed by atoms with Crippen LogP contribution in [0.2, 0.25) is 5.02 Å². The highest BCUT2D eigenvalue weighted by Gasteiger charge is 2.09. The van der Waals surface area contributed by atoms with Gasteiger partial charge in [-0.15, -0.1) is 11.3 Å². The number of hydrogen-bond donors (Lipinski definition) is 0. The number of hydrogen-bond acceptors (Lipinski definition) is 3. The van der Waals surface area contributed by atoms with Gasteiger partial charge in [0.05, 0.1) is 17.0 Å². The summed E-state index contributed by atoms with van der Waals surface area (Å²) in [5, 5.41) is 1.43. The van der Waals surface area contributed by atoms with Crippen LogP contribution in [0.25, 0.3) is 10.1 Å². The molecule has 14 heavy (non-hydrogen) atoms. The fourth-order valence-electron chi connectivity index (χ4n) is 1.27. The minimum absolute atomic E-state index is 0.530. The number of fused-ring (bicyclic) bond motifs is 1. The summed E-state index contributed by atoms with van der Waals surface area (Å²) < 4.78 is 6.05. The average molecular weight is 227 g/mol. The van der Waals surface area contributed by atoms with Crippen molar-refractivity contribution in [3.05, 3.63) is 28.1 Å². The van der Waals surface area contributed by atoms with E-state index < -0.39 is 0 Å². The normalized spacial score (nSPS) is 10.4. The van der Waals surface area contributed by atoms with Gasteiger partial charge in [0, 0.05) is 10.1 Å². The Morgan fingerprint density at radius 3 is 2.93 bits per heavy atom. The van der Waals surface area contributed by atoms with Crippen LogP contribution in [0, 0.1) is 0 Å². The van der Waals surface area contributed by atoms with E-state index in [1.54, 1.807) is 7.11 Å². The molecule has 2 rings (SSSR count). The second-order valence-corrected chi connectivity index (χ2v) is 4.22. The summed E-state index contributed by atoms with van der Waals surface area (Å²) in [6.45, 7) is 0. The van der Waals surface area contributed by atoms with Crippen LogP contribution < -0.4 is 4.74 Å². The van der Waals surface area contributed by atoms with Crippen molar-refractivity contribution in [3.8, 4) is 5.75 Å². The number of aldehydes is 1. The van der Waals surface area contributed by atoms with Crippen LogP contribution >= 0.6 is 22.9 Å². The van der Waals surface area contributed by atoms with E-state index in [0.717, 1.165) is 22.1 Å². The van der Waals surface area contributed by atoms with E-state index >= 15 is 0 Å². The third-order valence-corrected chi connectivity index (χ3v) is 3.57. The van der Waals surface area contributed by atoms with Crippen molar-refractivity contribution < 1.29 is 9.53 Å². The van der Waals surface area contributed by atoms with Gasteiger partial charge in [0.2, 0.25) is 0 Å². The molecule has 0 aliphatic rings. The van der Waals surface area contributed by atoms with Gasteiger partial charge in [-0.2, -0.15) is 0 Å². The summed E-state index contributed by atoms with van der Waals surface area (Å²) in [5.41, 5.74) is 0. The van der Waals surface area contributed by atoms with Crippen LogP contribution in [0.1, 0.15) is 9.67 Å². The summed E-state index contributed by atoms with van der Waals surface area (Å²) in [4.78, 5) is 11.2. The number of thiophene rings is 1. The number of halogens is 1. The summed E-state index contributed by atoms with van der Waals surface area (Å²) in [5.74, 6) is 0.771. The Kier molecular flexibility index (Phi) is 2.44. The molecule has 72 valence electrons. The zero-order valence-corrected chi connectivity index (χ0v) is 8.98. The monoisotopic (exact) mass is 226 g/mol. The molecule has 1 heterocycles. The van der Waals surface area contributed by atoms with Gasteiger partial charge >= 0.3 is 0 Å². The fraction of sp³-hybridized carbons (Fsp3) is 0.100. The largest absolute Gasteiger partial charge is 0.497 e. The number of rotatable bonds is 2. The van der Waals surface area contributed by atoms with Crippen molar-refractivity contribution in [1.82, 2.24) is 0 Å². The van der Waals surface area contributed by atoms with E-state index in [1.165, 1.54) is 11.3 Å². The molecule has 0 radical (unpaired) electrons. The third-order valence-electron chi connectivity index (χ3n) is 1.97. The van der Waals surface area contributed by atoms with Gasteiger partial charge in [-0.1, -0.05) is 11.6 Å². The Morgan fingerprint density at radius 1 is 1.50 bits per heavy atom. The molecule has 0 aliphatic heterocycles. The predicted molar refractivity (Wildman–Crippen MR) is 58.8 cm³/mol. The summed E-state index contributed by atoms with van der Waals surface area (Å²) >= 11 is 7.36. The Hall–Kier alpha value is -1.06. The molecule has 1 aromatic carbocycles. The van der Waals surface area contributed by atoms with Gasteiger partial charge in [-0.05, 0) is 18.2 Å². The second-order valence-electron chi connectivity index (χ2n) is 2.76. The minimum Gasteiger partial charge on any atom is -0.497 e. The summed E-state index contributed by atoms with van der Waals surface area (Å²) in [7, 11) is 1.61. The number of carbonyl (C=O) groups is 1. The van der Waals surface area contributed by atoms with E-state index in [0.29, 0.717) is 9.90 Å². The smallest absolute Gasteiger partial charge is 0.161 e. The van der Waals surface area contributed by atoms with Crippen LogP contribution in [0.3, 0.4) is 0 Å². The van der Waals surface area contributed by atoms with Crippen molar-refractivity contribution in [2.24, 2.45) is 0 Å². The number of ether oxygens (including phenoxy) is 1. The predicted octanol–water partition coefficient (Wildman–Crippen LogP) is 3.38. The first-order valence-electron chi connectivity index (χ1n) is 3.97. The Bertz CT molecular complexity index is 490. The lowest BCUT2D eigenvalue weighted by atomic mass is 10.2. The lowest BCUT2D eigenvalue weighted by molar-refractivity contribution is 0.112. The Balaban J connectivity index is 2.72. The molecule has 0 spiro atoms. The third kappa shape index (κ3) is 1.38. The molecular weight excluding hydrogens is 220 g/mol. The van der Waals surface area contributed by atoms with Gasteiger partial charge in [-0.25, -0.2) is 0 Å². The van der Waals surface area contributed by atoms with Gasteiger partial charge < -0.3 is 4.74 Å². The van der Waals surface area contributed by atoms with Gasteiger partial charge in [0.15, 0.2) is 6.29 Å². The second kappa shape index (κ2) is 3.59. The SMILES string of the molecule is COc1ccc2c(Cl)c(C=O)sc2c1. The van der Waals surface area contributed by atoms with Crippen LogP contribution in [-0.4, -0.2) is 13.4 Å². The molecule has 4 heteroatoms. The Labute approximate surface area is 90.1 Å².